The molecule has 0 aliphatic heterocycles. The van der Waals surface area contributed by atoms with Crippen LogP contribution in [-0.2, 0) is 16.0 Å². The molecular formula is C21H29BrO5S. The maximum Gasteiger partial charge on any atom is 0.329 e. The van der Waals surface area contributed by atoms with E-state index in [1.165, 1.54) is 9.75 Å². The Morgan fingerprint density at radius 2 is 2.21 bits per heavy atom. The summed E-state index contributed by atoms with van der Waals surface area (Å²) in [4.78, 5) is 12.9. The van der Waals surface area contributed by atoms with E-state index in [0.717, 1.165) is 23.7 Å². The summed E-state index contributed by atoms with van der Waals surface area (Å²) >= 11 is 5.27. The van der Waals surface area contributed by atoms with Crippen molar-refractivity contribution < 1.29 is 24.9 Å². The molecule has 1 heterocycles. The van der Waals surface area contributed by atoms with Crippen LogP contribution in [0.3, 0.4) is 0 Å². The molecule has 156 valence electrons. The lowest BCUT2D eigenvalue weighted by Gasteiger charge is -2.18. The maximum atomic E-state index is 10.4. The smallest absolute Gasteiger partial charge is 0.329 e. The Morgan fingerprint density at radius 1 is 1.43 bits per heavy atom. The zero-order chi connectivity index (χ0) is 20.5. The summed E-state index contributed by atoms with van der Waals surface area (Å²) < 4.78 is 6.09. The largest absolute Gasteiger partial charge is 0.480 e. The van der Waals surface area contributed by atoms with Crippen LogP contribution in [0.25, 0.3) is 0 Å². The molecule has 28 heavy (non-hydrogen) atoms. The quantitative estimate of drug-likeness (QED) is 0.333. The van der Waals surface area contributed by atoms with Crippen molar-refractivity contribution in [2.24, 2.45) is 11.8 Å². The molecule has 7 heteroatoms. The number of ether oxygens (including phenoxy) is 1. The van der Waals surface area contributed by atoms with Crippen LogP contribution in [0.1, 0.15) is 35.4 Å². The van der Waals surface area contributed by atoms with Gasteiger partial charge in [0, 0.05) is 14.2 Å². The van der Waals surface area contributed by atoms with Gasteiger partial charge in [-0.2, -0.15) is 0 Å². The van der Waals surface area contributed by atoms with Crippen molar-refractivity contribution in [2.45, 2.75) is 51.2 Å². The fourth-order valence-electron chi connectivity index (χ4n) is 3.48. The Morgan fingerprint density at radius 3 is 2.89 bits per heavy atom. The molecule has 1 aromatic heterocycles. The van der Waals surface area contributed by atoms with Crippen molar-refractivity contribution in [1.82, 2.24) is 0 Å². The highest BCUT2D eigenvalue weighted by molar-refractivity contribution is 9.10. The number of thiophene rings is 1. The van der Waals surface area contributed by atoms with Crippen molar-refractivity contribution in [1.29, 1.82) is 0 Å². The van der Waals surface area contributed by atoms with Gasteiger partial charge in [0.15, 0.2) is 0 Å². The Balaban J connectivity index is 1.76. The number of aryl methyl sites for hydroxylation is 2. The van der Waals surface area contributed by atoms with E-state index in [1.807, 2.05) is 12.2 Å². The summed E-state index contributed by atoms with van der Waals surface area (Å²) in [5.74, 6) is -0.618. The van der Waals surface area contributed by atoms with Gasteiger partial charge in [-0.3, -0.25) is 0 Å². The molecule has 1 aliphatic carbocycles. The standard InChI is InChI=1S/C21H29BrO5S/c1-14-19(22)12-17(28-14)9-8-16(23)7-5-15-6-10-20(24)18(15)4-2-3-11-27-13-21(25)26/h2-3,5,7,12,15-16,18,20,23-24H,4,6,8-11,13H2,1H3,(H,25,26)/t15-,16+,18+,20?/m0/s1. The molecule has 1 unspecified atom stereocenters. The van der Waals surface area contributed by atoms with E-state index in [9.17, 15) is 15.0 Å². The van der Waals surface area contributed by atoms with Crippen LogP contribution in [0.2, 0.25) is 0 Å². The fourth-order valence-corrected chi connectivity index (χ4v) is 5.10. The number of carboxylic acid groups (broad SMARTS) is 1. The van der Waals surface area contributed by atoms with Gasteiger partial charge in [-0.05, 0) is 72.9 Å². The number of hydrogen-bond donors (Lipinski definition) is 3. The van der Waals surface area contributed by atoms with E-state index >= 15 is 0 Å². The number of rotatable bonds is 11. The second kappa shape index (κ2) is 11.9. The highest BCUT2D eigenvalue weighted by atomic mass is 79.9. The summed E-state index contributed by atoms with van der Waals surface area (Å²) in [5, 5.41) is 29.0. The lowest BCUT2D eigenvalue weighted by atomic mass is 9.90. The minimum absolute atomic E-state index is 0.120. The molecular weight excluding hydrogens is 444 g/mol. The predicted octanol–water partition coefficient (Wildman–Crippen LogP) is 4.10. The van der Waals surface area contributed by atoms with E-state index in [4.69, 9.17) is 9.84 Å². The second-order valence-electron chi connectivity index (χ2n) is 7.20. The van der Waals surface area contributed by atoms with Gasteiger partial charge in [-0.1, -0.05) is 24.3 Å². The summed E-state index contributed by atoms with van der Waals surface area (Å²) in [6, 6.07) is 2.12. The first kappa shape index (κ1) is 23.3. The monoisotopic (exact) mass is 472 g/mol. The Kier molecular flexibility index (Phi) is 9.88. The van der Waals surface area contributed by atoms with Crippen LogP contribution >= 0.6 is 27.3 Å². The molecule has 1 saturated carbocycles. The number of carbonyl (C=O) groups is 1. The predicted molar refractivity (Wildman–Crippen MR) is 115 cm³/mol. The molecule has 1 aromatic rings. The van der Waals surface area contributed by atoms with E-state index < -0.39 is 12.1 Å². The van der Waals surface area contributed by atoms with Crippen LogP contribution in [0, 0.1) is 18.8 Å². The first-order valence-corrected chi connectivity index (χ1v) is 11.2. The normalized spacial score (nSPS) is 23.8. The zero-order valence-electron chi connectivity index (χ0n) is 16.1. The lowest BCUT2D eigenvalue weighted by molar-refractivity contribution is -0.141. The molecule has 4 atom stereocenters. The summed E-state index contributed by atoms with van der Waals surface area (Å²) in [6.45, 7) is 2.03. The molecule has 0 amide bonds. The molecule has 1 aliphatic rings. The third-order valence-corrected chi connectivity index (χ3v) is 7.23. The van der Waals surface area contributed by atoms with Crippen molar-refractivity contribution >= 4 is 33.2 Å². The third kappa shape index (κ3) is 7.79. The van der Waals surface area contributed by atoms with Crippen molar-refractivity contribution in [2.75, 3.05) is 13.2 Å². The van der Waals surface area contributed by atoms with Gasteiger partial charge >= 0.3 is 5.97 Å². The lowest BCUT2D eigenvalue weighted by Crippen LogP contribution is -2.18. The number of aliphatic hydroxyl groups is 2. The molecule has 2 rings (SSSR count). The van der Waals surface area contributed by atoms with Crippen molar-refractivity contribution in [3.63, 3.8) is 0 Å². The van der Waals surface area contributed by atoms with E-state index in [1.54, 1.807) is 17.4 Å². The maximum absolute atomic E-state index is 10.4. The van der Waals surface area contributed by atoms with Crippen molar-refractivity contribution in [3.8, 4) is 0 Å². The minimum atomic E-state index is -0.981. The number of aliphatic carboxylic acids is 1. The van der Waals surface area contributed by atoms with Gasteiger partial charge in [0.1, 0.15) is 6.61 Å². The minimum Gasteiger partial charge on any atom is -0.480 e. The number of hydrogen-bond acceptors (Lipinski definition) is 5. The average molecular weight is 473 g/mol. The Hall–Kier alpha value is -0.990. The highest BCUT2D eigenvalue weighted by Crippen LogP contribution is 2.36. The Labute approximate surface area is 178 Å². The molecule has 0 aromatic carbocycles. The number of halogens is 1. The van der Waals surface area contributed by atoms with Crippen LogP contribution in [0.4, 0.5) is 0 Å². The van der Waals surface area contributed by atoms with E-state index in [-0.39, 0.29) is 31.2 Å². The van der Waals surface area contributed by atoms with Crippen LogP contribution < -0.4 is 0 Å². The van der Waals surface area contributed by atoms with E-state index in [2.05, 4.69) is 35.0 Å². The number of aliphatic hydroxyl groups excluding tert-OH is 2. The molecule has 0 spiro atoms. The number of carboxylic acids is 1. The molecule has 3 N–H and O–H groups in total. The van der Waals surface area contributed by atoms with Gasteiger partial charge < -0.3 is 20.1 Å². The van der Waals surface area contributed by atoms with Crippen LogP contribution in [0.15, 0.2) is 34.8 Å². The topological polar surface area (TPSA) is 87.0 Å². The fraction of sp³-hybridized carbons (Fsp3) is 0.571. The first-order chi connectivity index (χ1) is 13.4. The van der Waals surface area contributed by atoms with Gasteiger partial charge in [-0.15, -0.1) is 11.3 Å². The van der Waals surface area contributed by atoms with Crippen LogP contribution in [-0.4, -0.2) is 46.7 Å². The van der Waals surface area contributed by atoms with Crippen LogP contribution in [0.5, 0.6) is 0 Å². The summed E-state index contributed by atoms with van der Waals surface area (Å²) in [6.07, 6.45) is 10.7. The first-order valence-electron chi connectivity index (χ1n) is 9.60. The summed E-state index contributed by atoms with van der Waals surface area (Å²) in [5.41, 5.74) is 0. The molecule has 1 fully saturated rings. The van der Waals surface area contributed by atoms with Gasteiger partial charge in [0.25, 0.3) is 0 Å². The molecule has 0 bridgehead atoms. The number of allylic oxidation sites excluding steroid dienone is 2. The van der Waals surface area contributed by atoms with Gasteiger partial charge in [-0.25, -0.2) is 4.79 Å². The Bertz CT molecular complexity index is 665. The second-order valence-corrected chi connectivity index (χ2v) is 9.39. The van der Waals surface area contributed by atoms with E-state index in [0.29, 0.717) is 12.8 Å². The molecule has 0 radical (unpaired) electrons. The third-order valence-electron chi connectivity index (χ3n) is 5.03. The van der Waals surface area contributed by atoms with Gasteiger partial charge in [0.05, 0.1) is 18.8 Å². The SMILES string of the molecule is Cc1sc(CC[C@H](O)C=C[C@H]2CCC(O)[C@@H]2CC=CCOCC(=O)O)cc1Br. The molecule has 0 saturated heterocycles. The highest BCUT2D eigenvalue weighted by Gasteiger charge is 2.32. The van der Waals surface area contributed by atoms with Gasteiger partial charge in [0.2, 0.25) is 0 Å². The van der Waals surface area contributed by atoms with Crippen molar-refractivity contribution in [3.05, 3.63) is 44.6 Å². The zero-order valence-corrected chi connectivity index (χ0v) is 18.5. The average Bonchev–Trinajstić information content (AvgIpc) is 3.16. The summed E-state index contributed by atoms with van der Waals surface area (Å²) in [7, 11) is 0. The molecule has 5 nitrogen and oxygen atoms in total.